The van der Waals surface area contributed by atoms with Crippen LogP contribution in [0.25, 0.3) is 0 Å². The zero-order valence-corrected chi connectivity index (χ0v) is 12.0. The number of thioether (sulfide) groups is 1. The van der Waals surface area contributed by atoms with E-state index in [4.69, 9.17) is 6.42 Å². The Bertz CT molecular complexity index is 342. The Morgan fingerprint density at radius 1 is 1.33 bits per heavy atom. The SMILES string of the molecule is C#CCSCCNC(CCCC)c1ccccc1. The molecule has 0 heterocycles. The van der Waals surface area contributed by atoms with E-state index in [2.05, 4.69) is 48.5 Å². The van der Waals surface area contributed by atoms with Crippen LogP contribution in [0.5, 0.6) is 0 Å². The maximum Gasteiger partial charge on any atom is 0.0545 e. The quantitative estimate of drug-likeness (QED) is 0.535. The van der Waals surface area contributed by atoms with E-state index in [9.17, 15) is 0 Å². The molecule has 1 aromatic rings. The maximum atomic E-state index is 5.24. The van der Waals surface area contributed by atoms with Crippen LogP contribution in [0.3, 0.4) is 0 Å². The average molecular weight is 261 g/mol. The Morgan fingerprint density at radius 2 is 2.11 bits per heavy atom. The molecule has 1 N–H and O–H groups in total. The molecule has 0 aliphatic heterocycles. The van der Waals surface area contributed by atoms with Gasteiger partial charge in [-0.05, 0) is 12.0 Å². The van der Waals surface area contributed by atoms with E-state index in [0.29, 0.717) is 6.04 Å². The molecule has 0 aliphatic rings. The molecule has 0 amide bonds. The highest BCUT2D eigenvalue weighted by molar-refractivity contribution is 7.99. The molecule has 0 saturated heterocycles. The first kappa shape index (κ1) is 15.1. The van der Waals surface area contributed by atoms with E-state index < -0.39 is 0 Å². The van der Waals surface area contributed by atoms with Crippen LogP contribution in [0, 0.1) is 12.3 Å². The van der Waals surface area contributed by atoms with Gasteiger partial charge in [0, 0.05) is 18.3 Å². The summed E-state index contributed by atoms with van der Waals surface area (Å²) in [6, 6.07) is 11.2. The van der Waals surface area contributed by atoms with Crippen LogP contribution >= 0.6 is 11.8 Å². The van der Waals surface area contributed by atoms with Gasteiger partial charge in [0.05, 0.1) is 5.75 Å². The summed E-state index contributed by atoms with van der Waals surface area (Å²) in [5, 5.41) is 3.64. The molecule has 0 bridgehead atoms. The first-order valence-electron chi connectivity index (χ1n) is 6.68. The molecule has 0 aliphatic carbocycles. The summed E-state index contributed by atoms with van der Waals surface area (Å²) >= 11 is 1.82. The lowest BCUT2D eigenvalue weighted by atomic mass is 10.0. The van der Waals surface area contributed by atoms with Crippen LogP contribution in [0.4, 0.5) is 0 Å². The van der Waals surface area contributed by atoms with E-state index in [1.165, 1.54) is 24.8 Å². The minimum Gasteiger partial charge on any atom is -0.309 e. The molecule has 18 heavy (non-hydrogen) atoms. The van der Waals surface area contributed by atoms with E-state index in [1.807, 2.05) is 11.8 Å². The fourth-order valence-electron chi connectivity index (χ4n) is 1.92. The van der Waals surface area contributed by atoms with Crippen molar-refractivity contribution in [1.29, 1.82) is 0 Å². The number of benzene rings is 1. The van der Waals surface area contributed by atoms with Crippen LogP contribution in [0.15, 0.2) is 30.3 Å². The molecule has 98 valence electrons. The lowest BCUT2D eigenvalue weighted by Crippen LogP contribution is -2.23. The second kappa shape index (κ2) is 10.1. The van der Waals surface area contributed by atoms with Gasteiger partial charge in [0.2, 0.25) is 0 Å². The normalized spacial score (nSPS) is 12.0. The summed E-state index contributed by atoms with van der Waals surface area (Å²) in [7, 11) is 0. The molecule has 1 unspecified atom stereocenters. The third kappa shape index (κ3) is 6.14. The molecule has 1 rings (SSSR count). The Kier molecular flexibility index (Phi) is 8.46. The van der Waals surface area contributed by atoms with Crippen molar-refractivity contribution in [3.8, 4) is 12.3 Å². The van der Waals surface area contributed by atoms with Gasteiger partial charge in [0.15, 0.2) is 0 Å². The van der Waals surface area contributed by atoms with Crippen LogP contribution in [0.1, 0.15) is 37.8 Å². The second-order valence-electron chi connectivity index (χ2n) is 4.32. The predicted octanol–water partition coefficient (Wildman–Crippen LogP) is 3.87. The van der Waals surface area contributed by atoms with Crippen molar-refractivity contribution in [2.45, 2.75) is 32.2 Å². The Labute approximate surface area is 116 Å². The molecule has 1 aromatic carbocycles. The van der Waals surface area contributed by atoms with Gasteiger partial charge in [0.1, 0.15) is 0 Å². The van der Waals surface area contributed by atoms with Crippen LogP contribution < -0.4 is 5.32 Å². The third-order valence-electron chi connectivity index (χ3n) is 2.87. The average Bonchev–Trinajstić information content (AvgIpc) is 2.43. The first-order chi connectivity index (χ1) is 8.88. The minimum absolute atomic E-state index is 0.484. The lowest BCUT2D eigenvalue weighted by Gasteiger charge is -2.19. The van der Waals surface area contributed by atoms with Crippen molar-refractivity contribution in [1.82, 2.24) is 5.32 Å². The summed E-state index contributed by atoms with van der Waals surface area (Å²) in [5.74, 6) is 4.55. The Balaban J connectivity index is 2.39. The first-order valence-corrected chi connectivity index (χ1v) is 7.83. The number of nitrogens with one attached hydrogen (secondary N) is 1. The van der Waals surface area contributed by atoms with Gasteiger partial charge in [-0.25, -0.2) is 0 Å². The van der Waals surface area contributed by atoms with Crippen molar-refractivity contribution in [2.75, 3.05) is 18.1 Å². The van der Waals surface area contributed by atoms with Crippen LogP contribution in [0.2, 0.25) is 0 Å². The fraction of sp³-hybridized carbons (Fsp3) is 0.500. The van der Waals surface area contributed by atoms with Crippen molar-refractivity contribution in [3.05, 3.63) is 35.9 Å². The predicted molar refractivity (Wildman–Crippen MR) is 82.9 cm³/mol. The Hall–Kier alpha value is -0.910. The monoisotopic (exact) mass is 261 g/mol. The minimum atomic E-state index is 0.484. The highest BCUT2D eigenvalue weighted by Crippen LogP contribution is 2.19. The topological polar surface area (TPSA) is 12.0 Å². The summed E-state index contributed by atoms with van der Waals surface area (Å²) in [4.78, 5) is 0. The summed E-state index contributed by atoms with van der Waals surface area (Å²) in [6.45, 7) is 3.26. The molecule has 1 atom stereocenters. The molecule has 2 heteroatoms. The summed E-state index contributed by atoms with van der Waals surface area (Å²) in [6.07, 6.45) is 8.96. The summed E-state index contributed by atoms with van der Waals surface area (Å²) < 4.78 is 0. The van der Waals surface area contributed by atoms with Crippen molar-refractivity contribution in [3.63, 3.8) is 0 Å². The molecule has 0 radical (unpaired) electrons. The zero-order chi connectivity index (χ0) is 13.1. The number of hydrogen-bond acceptors (Lipinski definition) is 2. The van der Waals surface area contributed by atoms with Gasteiger partial charge in [-0.15, -0.1) is 18.2 Å². The Morgan fingerprint density at radius 3 is 2.78 bits per heavy atom. The van der Waals surface area contributed by atoms with Crippen molar-refractivity contribution >= 4 is 11.8 Å². The van der Waals surface area contributed by atoms with Gasteiger partial charge < -0.3 is 5.32 Å². The van der Waals surface area contributed by atoms with Gasteiger partial charge >= 0.3 is 0 Å². The second-order valence-corrected chi connectivity index (χ2v) is 5.42. The van der Waals surface area contributed by atoms with Gasteiger partial charge in [-0.1, -0.05) is 56.0 Å². The largest absolute Gasteiger partial charge is 0.309 e. The molecule has 0 aromatic heterocycles. The van der Waals surface area contributed by atoms with Gasteiger partial charge in [0.25, 0.3) is 0 Å². The van der Waals surface area contributed by atoms with E-state index in [1.54, 1.807) is 0 Å². The number of hydrogen-bond donors (Lipinski definition) is 1. The van der Waals surface area contributed by atoms with Crippen LogP contribution in [-0.4, -0.2) is 18.1 Å². The number of unbranched alkanes of at least 4 members (excludes halogenated alkanes) is 1. The van der Waals surface area contributed by atoms with Crippen LogP contribution in [-0.2, 0) is 0 Å². The van der Waals surface area contributed by atoms with E-state index in [0.717, 1.165) is 18.1 Å². The van der Waals surface area contributed by atoms with Gasteiger partial charge in [-0.2, -0.15) is 0 Å². The summed E-state index contributed by atoms with van der Waals surface area (Å²) in [5.41, 5.74) is 1.40. The highest BCUT2D eigenvalue weighted by atomic mass is 32.2. The number of rotatable bonds is 9. The van der Waals surface area contributed by atoms with Gasteiger partial charge in [-0.3, -0.25) is 0 Å². The highest BCUT2D eigenvalue weighted by Gasteiger charge is 2.09. The zero-order valence-electron chi connectivity index (χ0n) is 11.2. The smallest absolute Gasteiger partial charge is 0.0545 e. The van der Waals surface area contributed by atoms with E-state index >= 15 is 0 Å². The molecule has 1 nitrogen and oxygen atoms in total. The molecular formula is C16H23NS. The third-order valence-corrected chi connectivity index (χ3v) is 3.73. The van der Waals surface area contributed by atoms with Crippen molar-refractivity contribution in [2.24, 2.45) is 0 Å². The molecule has 0 saturated carbocycles. The standard InChI is InChI=1S/C16H23NS/c1-3-5-11-16(15-9-7-6-8-10-15)17-12-14-18-13-4-2/h2,6-10,16-17H,3,5,11-14H2,1H3. The molecule has 0 spiro atoms. The number of terminal acetylenes is 1. The van der Waals surface area contributed by atoms with Crippen molar-refractivity contribution < 1.29 is 0 Å². The fourth-order valence-corrected chi connectivity index (χ4v) is 2.44. The van der Waals surface area contributed by atoms with E-state index in [-0.39, 0.29) is 0 Å². The lowest BCUT2D eigenvalue weighted by molar-refractivity contribution is 0.496. The molecule has 0 fully saturated rings. The molecular weight excluding hydrogens is 238 g/mol. The maximum absolute atomic E-state index is 5.24.